The van der Waals surface area contributed by atoms with Gasteiger partial charge in [0.25, 0.3) is 0 Å². The minimum atomic E-state index is -1.02. The summed E-state index contributed by atoms with van der Waals surface area (Å²) in [6, 6.07) is 13.7. The molecule has 2 aromatic heterocycles. The zero-order valence-electron chi connectivity index (χ0n) is 16.2. The lowest BCUT2D eigenvalue weighted by molar-refractivity contribution is 0.0697. The summed E-state index contributed by atoms with van der Waals surface area (Å²) in [5, 5.41) is 13.7. The fourth-order valence-electron chi connectivity index (χ4n) is 3.70. The Bertz CT molecular complexity index is 1090. The van der Waals surface area contributed by atoms with Crippen molar-refractivity contribution in [2.45, 2.75) is 25.4 Å². The Hall–Kier alpha value is -2.90. The minimum Gasteiger partial charge on any atom is -0.478 e. The van der Waals surface area contributed by atoms with E-state index in [9.17, 15) is 9.90 Å². The van der Waals surface area contributed by atoms with Crippen LogP contribution in [0.1, 0.15) is 47.2 Å². The van der Waals surface area contributed by atoms with Crippen molar-refractivity contribution in [1.29, 1.82) is 0 Å². The van der Waals surface area contributed by atoms with Gasteiger partial charge in [-0.3, -0.25) is 4.98 Å². The van der Waals surface area contributed by atoms with Gasteiger partial charge in [-0.1, -0.05) is 24.6 Å². The maximum atomic E-state index is 11.4. The van der Waals surface area contributed by atoms with E-state index < -0.39 is 5.97 Å². The van der Waals surface area contributed by atoms with Gasteiger partial charge >= 0.3 is 5.97 Å². The number of hydrogen-bond donors (Lipinski definition) is 2. The second-order valence-electron chi connectivity index (χ2n) is 7.02. The number of nitrogens with zero attached hydrogens (tertiary/aromatic N) is 2. The first kappa shape index (κ1) is 20.4. The van der Waals surface area contributed by atoms with Crippen LogP contribution in [0.2, 0.25) is 5.02 Å². The van der Waals surface area contributed by atoms with Crippen molar-refractivity contribution in [3.63, 3.8) is 0 Å². The van der Waals surface area contributed by atoms with Gasteiger partial charge in [-0.2, -0.15) is 0 Å². The standard InChI is InChI=1S/C22H20ClN3O3S/c1-2-11-26-20(19(25-22(26)30)16-5-3-4-10-24-16)18-9-8-17(29-18)14-12-13(21(27)28)6-7-15(14)23/h3-10,12,19-20H,2,11H2,1H3,(H,25,30)(H,27,28)/t19-,20-/m1/s1. The molecule has 3 heterocycles. The number of furan rings is 1. The van der Waals surface area contributed by atoms with Crippen molar-refractivity contribution in [1.82, 2.24) is 15.2 Å². The number of aromatic carboxylic acids is 1. The van der Waals surface area contributed by atoms with Gasteiger partial charge < -0.3 is 19.7 Å². The Morgan fingerprint density at radius 1 is 1.30 bits per heavy atom. The van der Waals surface area contributed by atoms with Gasteiger partial charge in [-0.05, 0) is 61.1 Å². The zero-order chi connectivity index (χ0) is 21.3. The van der Waals surface area contributed by atoms with Gasteiger partial charge in [0.15, 0.2) is 5.11 Å². The molecule has 1 saturated heterocycles. The molecule has 2 N–H and O–H groups in total. The SMILES string of the molecule is CCCN1C(=S)N[C@H](c2ccccn2)[C@H]1c1ccc(-c2cc(C(=O)O)ccc2Cl)o1. The van der Waals surface area contributed by atoms with Crippen molar-refractivity contribution in [2.24, 2.45) is 0 Å². The van der Waals surface area contributed by atoms with Gasteiger partial charge in [0.05, 0.1) is 22.3 Å². The maximum Gasteiger partial charge on any atom is 0.335 e. The van der Waals surface area contributed by atoms with Crippen LogP contribution in [0.5, 0.6) is 0 Å². The molecular weight excluding hydrogens is 422 g/mol. The highest BCUT2D eigenvalue weighted by atomic mass is 35.5. The van der Waals surface area contributed by atoms with E-state index in [2.05, 4.69) is 22.1 Å². The molecule has 2 atom stereocenters. The Labute approximate surface area is 184 Å². The summed E-state index contributed by atoms with van der Waals surface area (Å²) in [4.78, 5) is 18.0. The Morgan fingerprint density at radius 3 is 2.83 bits per heavy atom. The van der Waals surface area contributed by atoms with E-state index in [-0.39, 0.29) is 17.6 Å². The number of hydrogen-bond acceptors (Lipinski definition) is 4. The third kappa shape index (κ3) is 3.78. The summed E-state index contributed by atoms with van der Waals surface area (Å²) in [5.74, 6) is 0.194. The van der Waals surface area contributed by atoms with Crippen LogP contribution in [0.4, 0.5) is 0 Å². The summed E-state index contributed by atoms with van der Waals surface area (Å²) in [6.07, 6.45) is 2.68. The summed E-state index contributed by atoms with van der Waals surface area (Å²) in [6.45, 7) is 2.86. The number of aromatic nitrogens is 1. The van der Waals surface area contributed by atoms with Crippen LogP contribution in [0.15, 0.2) is 59.1 Å². The number of carboxylic acid groups (broad SMARTS) is 1. The van der Waals surface area contributed by atoms with Crippen LogP contribution in [-0.2, 0) is 0 Å². The highest BCUT2D eigenvalue weighted by Gasteiger charge is 2.41. The van der Waals surface area contributed by atoms with Gasteiger partial charge in [0.1, 0.15) is 17.6 Å². The number of carboxylic acids is 1. The Kier molecular flexibility index (Phi) is 5.74. The predicted octanol–water partition coefficient (Wildman–Crippen LogP) is 5.08. The second-order valence-corrected chi connectivity index (χ2v) is 7.82. The molecule has 1 aliphatic heterocycles. The van der Waals surface area contributed by atoms with E-state index in [1.54, 1.807) is 12.3 Å². The van der Waals surface area contributed by atoms with Gasteiger partial charge in [0, 0.05) is 18.3 Å². The van der Waals surface area contributed by atoms with E-state index in [1.807, 2.05) is 30.3 Å². The Morgan fingerprint density at radius 2 is 2.13 bits per heavy atom. The van der Waals surface area contributed by atoms with E-state index >= 15 is 0 Å². The minimum absolute atomic E-state index is 0.148. The lowest BCUT2D eigenvalue weighted by atomic mass is 10.0. The molecule has 0 unspecified atom stereocenters. The highest BCUT2D eigenvalue weighted by Crippen LogP contribution is 2.41. The quantitative estimate of drug-likeness (QED) is 0.516. The van der Waals surface area contributed by atoms with Gasteiger partial charge in [-0.25, -0.2) is 4.79 Å². The number of nitrogens with one attached hydrogen (secondary N) is 1. The van der Waals surface area contributed by atoms with E-state index in [0.717, 1.165) is 18.7 Å². The van der Waals surface area contributed by atoms with Gasteiger partial charge in [-0.15, -0.1) is 0 Å². The van der Waals surface area contributed by atoms with Crippen LogP contribution < -0.4 is 5.32 Å². The molecule has 0 radical (unpaired) electrons. The topological polar surface area (TPSA) is 78.6 Å². The van der Waals surface area contributed by atoms with E-state index in [1.165, 1.54) is 12.1 Å². The zero-order valence-corrected chi connectivity index (χ0v) is 17.8. The molecule has 30 heavy (non-hydrogen) atoms. The first-order valence-electron chi connectivity index (χ1n) is 9.60. The Balaban J connectivity index is 1.75. The molecule has 3 aromatic rings. The maximum absolute atomic E-state index is 11.4. The van der Waals surface area contributed by atoms with Crippen LogP contribution in [0.3, 0.4) is 0 Å². The van der Waals surface area contributed by atoms with E-state index in [4.69, 9.17) is 28.2 Å². The molecule has 0 bridgehead atoms. The summed E-state index contributed by atoms with van der Waals surface area (Å²) < 4.78 is 6.20. The first-order valence-corrected chi connectivity index (χ1v) is 10.4. The van der Waals surface area contributed by atoms with Crippen molar-refractivity contribution >= 4 is 34.9 Å². The molecule has 1 aliphatic rings. The van der Waals surface area contributed by atoms with Crippen molar-refractivity contribution in [3.05, 3.63) is 76.8 Å². The van der Waals surface area contributed by atoms with Crippen molar-refractivity contribution in [3.8, 4) is 11.3 Å². The lowest BCUT2D eigenvalue weighted by Gasteiger charge is -2.25. The lowest BCUT2D eigenvalue weighted by Crippen LogP contribution is -2.30. The fourth-order valence-corrected chi connectivity index (χ4v) is 4.24. The van der Waals surface area contributed by atoms with Crippen LogP contribution in [-0.4, -0.2) is 32.6 Å². The largest absolute Gasteiger partial charge is 0.478 e. The molecule has 0 aliphatic carbocycles. The molecule has 0 amide bonds. The molecule has 1 fully saturated rings. The summed E-state index contributed by atoms with van der Waals surface area (Å²) in [7, 11) is 0. The smallest absolute Gasteiger partial charge is 0.335 e. The predicted molar refractivity (Wildman–Crippen MR) is 119 cm³/mol. The number of benzene rings is 1. The third-order valence-corrected chi connectivity index (χ3v) is 5.74. The number of rotatable bonds is 6. The number of halogens is 1. The molecule has 4 rings (SSSR count). The molecule has 1 aromatic carbocycles. The molecule has 6 nitrogen and oxygen atoms in total. The number of carbonyl (C=O) groups is 1. The third-order valence-electron chi connectivity index (χ3n) is 5.06. The molecule has 8 heteroatoms. The van der Waals surface area contributed by atoms with Crippen molar-refractivity contribution < 1.29 is 14.3 Å². The van der Waals surface area contributed by atoms with Crippen LogP contribution in [0, 0.1) is 0 Å². The summed E-state index contributed by atoms with van der Waals surface area (Å²) in [5.41, 5.74) is 1.55. The monoisotopic (exact) mass is 441 g/mol. The van der Waals surface area contributed by atoms with Crippen LogP contribution in [0.25, 0.3) is 11.3 Å². The molecule has 0 spiro atoms. The summed E-state index contributed by atoms with van der Waals surface area (Å²) >= 11 is 11.9. The second kappa shape index (κ2) is 8.45. The highest BCUT2D eigenvalue weighted by molar-refractivity contribution is 7.80. The molecule has 0 saturated carbocycles. The van der Waals surface area contributed by atoms with Crippen LogP contribution >= 0.6 is 23.8 Å². The molecular formula is C22H20ClN3O3S. The van der Waals surface area contributed by atoms with Crippen molar-refractivity contribution in [2.75, 3.05) is 6.54 Å². The fraction of sp³-hybridized carbons (Fsp3) is 0.227. The first-order chi connectivity index (χ1) is 14.5. The average molecular weight is 442 g/mol. The van der Waals surface area contributed by atoms with E-state index in [0.29, 0.717) is 27.2 Å². The normalized spacial score (nSPS) is 18.5. The average Bonchev–Trinajstić information content (AvgIpc) is 3.34. The van der Waals surface area contributed by atoms with Gasteiger partial charge in [0.2, 0.25) is 0 Å². The molecule has 154 valence electrons. The number of pyridine rings is 1. The number of thiocarbonyl (C=S) groups is 1.